The predicted octanol–water partition coefficient (Wildman–Crippen LogP) is 2.56. The van der Waals surface area contributed by atoms with Gasteiger partial charge < -0.3 is 20.2 Å². The lowest BCUT2D eigenvalue weighted by Crippen LogP contribution is -2.12. The first kappa shape index (κ1) is 13.0. The average Bonchev–Trinajstić information content (AvgIpc) is 2.92. The van der Waals surface area contributed by atoms with E-state index in [4.69, 9.17) is 14.9 Å². The van der Waals surface area contributed by atoms with Gasteiger partial charge in [0.05, 0.1) is 25.1 Å². The fraction of sp³-hybridized carbons (Fsp3) is 0.214. The number of hydrogen-bond acceptors (Lipinski definition) is 4. The monoisotopic (exact) mass is 260 g/mol. The molecule has 5 nitrogen and oxygen atoms in total. The zero-order chi connectivity index (χ0) is 13.8. The normalized spacial score (nSPS) is 11.9. The molecule has 0 fully saturated rings. The Kier molecular flexibility index (Phi) is 3.75. The summed E-state index contributed by atoms with van der Waals surface area (Å²) in [6.07, 6.45) is 1.62. The van der Waals surface area contributed by atoms with Crippen LogP contribution in [0, 0.1) is 0 Å². The first-order valence-electron chi connectivity index (χ1n) is 5.89. The van der Waals surface area contributed by atoms with Crippen LogP contribution in [0.5, 0.6) is 5.75 Å². The molecule has 1 heterocycles. The highest BCUT2D eigenvalue weighted by atomic mass is 16.5. The summed E-state index contributed by atoms with van der Waals surface area (Å²) in [7, 11) is 1.57. The van der Waals surface area contributed by atoms with Crippen molar-refractivity contribution >= 4 is 11.6 Å². The van der Waals surface area contributed by atoms with Crippen LogP contribution >= 0.6 is 0 Å². The van der Waals surface area contributed by atoms with Gasteiger partial charge in [-0.2, -0.15) is 0 Å². The first-order valence-corrected chi connectivity index (χ1v) is 5.89. The first-order chi connectivity index (χ1) is 9.11. The molecule has 3 N–H and O–H groups in total. The number of nitrogens with two attached hydrogens (primary N) is 1. The Labute approximate surface area is 111 Å². The number of benzene rings is 1. The molecule has 0 aliphatic heterocycles. The zero-order valence-corrected chi connectivity index (χ0v) is 10.8. The third-order valence-corrected chi connectivity index (χ3v) is 2.83. The van der Waals surface area contributed by atoms with Gasteiger partial charge in [-0.1, -0.05) is 0 Å². The molecule has 2 rings (SSSR count). The van der Waals surface area contributed by atoms with E-state index in [1.54, 1.807) is 31.6 Å². The lowest BCUT2D eigenvalue weighted by Gasteiger charge is -2.16. The van der Waals surface area contributed by atoms with Crippen molar-refractivity contribution in [3.8, 4) is 5.75 Å². The van der Waals surface area contributed by atoms with Crippen LogP contribution < -0.4 is 15.8 Å². The van der Waals surface area contributed by atoms with Gasteiger partial charge in [-0.3, -0.25) is 4.79 Å². The summed E-state index contributed by atoms with van der Waals surface area (Å²) in [5.41, 5.74) is 6.40. The predicted molar refractivity (Wildman–Crippen MR) is 72.3 cm³/mol. The highest BCUT2D eigenvalue weighted by Gasteiger charge is 2.13. The number of carbonyl (C=O) groups is 1. The van der Waals surface area contributed by atoms with Crippen molar-refractivity contribution in [2.45, 2.75) is 13.0 Å². The molecule has 2 aromatic rings. The Hall–Kier alpha value is -2.43. The number of nitrogens with one attached hydrogen (secondary N) is 1. The molecule has 0 radical (unpaired) electrons. The minimum atomic E-state index is -0.476. The molecule has 0 aliphatic carbocycles. The largest absolute Gasteiger partial charge is 0.495 e. The highest BCUT2D eigenvalue weighted by Crippen LogP contribution is 2.29. The summed E-state index contributed by atoms with van der Waals surface area (Å²) >= 11 is 0. The summed E-state index contributed by atoms with van der Waals surface area (Å²) < 4.78 is 10.6. The van der Waals surface area contributed by atoms with E-state index in [2.05, 4.69) is 5.32 Å². The minimum Gasteiger partial charge on any atom is -0.495 e. The lowest BCUT2D eigenvalue weighted by atomic mass is 10.1. The van der Waals surface area contributed by atoms with E-state index in [1.807, 2.05) is 19.1 Å². The van der Waals surface area contributed by atoms with E-state index in [0.717, 1.165) is 5.76 Å². The summed E-state index contributed by atoms with van der Waals surface area (Å²) in [6, 6.07) is 8.65. The molecule has 1 aromatic heterocycles. The van der Waals surface area contributed by atoms with E-state index in [0.29, 0.717) is 17.0 Å². The smallest absolute Gasteiger partial charge is 0.248 e. The summed E-state index contributed by atoms with van der Waals surface area (Å²) in [4.78, 5) is 11.2. The molecule has 0 bridgehead atoms. The number of ether oxygens (including phenoxy) is 1. The Morgan fingerprint density at radius 1 is 1.42 bits per heavy atom. The molecule has 5 heteroatoms. The average molecular weight is 260 g/mol. The van der Waals surface area contributed by atoms with Gasteiger partial charge in [0.1, 0.15) is 11.5 Å². The van der Waals surface area contributed by atoms with Gasteiger partial charge in [0, 0.05) is 5.56 Å². The van der Waals surface area contributed by atoms with Crippen molar-refractivity contribution in [1.82, 2.24) is 0 Å². The fourth-order valence-electron chi connectivity index (χ4n) is 1.82. The maximum atomic E-state index is 11.2. The van der Waals surface area contributed by atoms with Gasteiger partial charge in [0.25, 0.3) is 0 Å². The van der Waals surface area contributed by atoms with E-state index in [9.17, 15) is 4.79 Å². The molecule has 1 atom stereocenters. The molecule has 100 valence electrons. The third-order valence-electron chi connectivity index (χ3n) is 2.83. The van der Waals surface area contributed by atoms with Crippen LogP contribution in [0.2, 0.25) is 0 Å². The van der Waals surface area contributed by atoms with Crippen LogP contribution in [0.25, 0.3) is 0 Å². The van der Waals surface area contributed by atoms with Crippen LogP contribution in [0.3, 0.4) is 0 Å². The van der Waals surface area contributed by atoms with E-state index < -0.39 is 5.91 Å². The second-order valence-electron chi connectivity index (χ2n) is 4.16. The van der Waals surface area contributed by atoms with Crippen LogP contribution in [-0.2, 0) is 0 Å². The molecule has 19 heavy (non-hydrogen) atoms. The van der Waals surface area contributed by atoms with Crippen molar-refractivity contribution in [2.24, 2.45) is 5.73 Å². The highest BCUT2D eigenvalue weighted by molar-refractivity contribution is 5.94. The third kappa shape index (κ3) is 2.88. The zero-order valence-electron chi connectivity index (χ0n) is 10.8. The number of anilines is 1. The summed E-state index contributed by atoms with van der Waals surface area (Å²) in [5.74, 6) is 0.964. The van der Waals surface area contributed by atoms with Crippen molar-refractivity contribution in [2.75, 3.05) is 12.4 Å². The molecule has 1 amide bonds. The van der Waals surface area contributed by atoms with Gasteiger partial charge in [-0.05, 0) is 37.3 Å². The van der Waals surface area contributed by atoms with E-state index in [1.165, 1.54) is 0 Å². The van der Waals surface area contributed by atoms with Crippen molar-refractivity contribution < 1.29 is 13.9 Å². The Balaban J connectivity index is 2.27. The number of methoxy groups -OCH3 is 1. The van der Waals surface area contributed by atoms with Crippen molar-refractivity contribution in [1.29, 1.82) is 0 Å². The topological polar surface area (TPSA) is 77.5 Å². The Morgan fingerprint density at radius 3 is 2.79 bits per heavy atom. The minimum absolute atomic E-state index is 0.0490. The van der Waals surface area contributed by atoms with Crippen LogP contribution in [0.1, 0.15) is 29.1 Å². The molecule has 0 aliphatic rings. The molecular formula is C14H16N2O3. The van der Waals surface area contributed by atoms with Crippen LogP contribution in [0.15, 0.2) is 41.0 Å². The van der Waals surface area contributed by atoms with Gasteiger partial charge in [0.2, 0.25) is 5.91 Å². The van der Waals surface area contributed by atoms with E-state index >= 15 is 0 Å². The van der Waals surface area contributed by atoms with E-state index in [-0.39, 0.29) is 6.04 Å². The second kappa shape index (κ2) is 5.48. The fourth-order valence-corrected chi connectivity index (χ4v) is 1.82. The van der Waals surface area contributed by atoms with Gasteiger partial charge >= 0.3 is 0 Å². The lowest BCUT2D eigenvalue weighted by molar-refractivity contribution is 0.100. The summed E-state index contributed by atoms with van der Waals surface area (Å²) in [5, 5.41) is 3.23. The maximum absolute atomic E-state index is 11.2. The molecular weight excluding hydrogens is 244 g/mol. The van der Waals surface area contributed by atoms with Crippen LogP contribution in [0.4, 0.5) is 5.69 Å². The number of amides is 1. The van der Waals surface area contributed by atoms with Crippen LogP contribution in [-0.4, -0.2) is 13.0 Å². The number of primary amides is 1. The number of carbonyl (C=O) groups excluding carboxylic acids is 1. The number of hydrogen-bond donors (Lipinski definition) is 2. The van der Waals surface area contributed by atoms with Crippen molar-refractivity contribution in [3.63, 3.8) is 0 Å². The Bertz CT molecular complexity index is 564. The second-order valence-corrected chi connectivity index (χ2v) is 4.16. The Morgan fingerprint density at radius 2 is 2.21 bits per heavy atom. The molecule has 0 saturated carbocycles. The molecule has 0 saturated heterocycles. The number of rotatable bonds is 5. The van der Waals surface area contributed by atoms with Gasteiger partial charge in [0.15, 0.2) is 0 Å². The quantitative estimate of drug-likeness (QED) is 0.866. The molecule has 0 spiro atoms. The van der Waals surface area contributed by atoms with Crippen molar-refractivity contribution in [3.05, 3.63) is 47.9 Å². The number of furan rings is 1. The summed E-state index contributed by atoms with van der Waals surface area (Å²) in [6.45, 7) is 1.95. The van der Waals surface area contributed by atoms with Gasteiger partial charge in [-0.15, -0.1) is 0 Å². The maximum Gasteiger partial charge on any atom is 0.248 e. The SMILES string of the molecule is COc1ccc(C(N)=O)cc1NC(C)c1ccco1. The molecule has 1 aromatic carbocycles. The standard InChI is InChI=1S/C14H16N2O3/c1-9(12-4-3-7-19-12)16-11-8-10(14(15)17)5-6-13(11)18-2/h3-9,16H,1-2H3,(H2,15,17). The van der Waals surface area contributed by atoms with Gasteiger partial charge in [-0.25, -0.2) is 0 Å². The molecule has 1 unspecified atom stereocenters.